The Balaban J connectivity index is 1.67. The second-order valence-corrected chi connectivity index (χ2v) is 8.61. The number of para-hydroxylation sites is 3. The second-order valence-electron chi connectivity index (χ2n) is 8.61. The number of carbonyl (C=O) groups excluding carboxylic acids is 1. The number of fused-ring (bicyclic) bond motifs is 2. The lowest BCUT2D eigenvalue weighted by atomic mass is 10.1. The zero-order chi connectivity index (χ0) is 26.1. The van der Waals surface area contributed by atoms with E-state index < -0.39 is 5.91 Å². The zero-order valence-electron chi connectivity index (χ0n) is 20.9. The van der Waals surface area contributed by atoms with Crippen molar-refractivity contribution in [2.75, 3.05) is 25.3 Å². The number of nitrogens with two attached hydrogens (primary N) is 1. The fraction of sp³-hybridized carbons (Fsp3) is 0.143. The average Bonchev–Trinajstić information content (AvgIpc) is 3.14. The third kappa shape index (κ3) is 4.42. The molecule has 2 aromatic heterocycles. The lowest BCUT2D eigenvalue weighted by Crippen LogP contribution is -2.14. The van der Waals surface area contributed by atoms with Gasteiger partial charge >= 0.3 is 0 Å². The first-order valence-corrected chi connectivity index (χ1v) is 11.6. The van der Waals surface area contributed by atoms with Crippen LogP contribution >= 0.6 is 0 Å². The summed E-state index contributed by atoms with van der Waals surface area (Å²) in [7, 11) is 3.12. The molecule has 5 rings (SSSR count). The molecule has 0 aliphatic carbocycles. The number of hydrogen-bond donors (Lipinski definition) is 2. The maximum absolute atomic E-state index is 13.5. The summed E-state index contributed by atoms with van der Waals surface area (Å²) in [5.74, 6) is 0.805. The third-order valence-electron chi connectivity index (χ3n) is 5.93. The van der Waals surface area contributed by atoms with Crippen LogP contribution in [0.1, 0.15) is 27.0 Å². The van der Waals surface area contributed by atoms with Crippen LogP contribution in [0.5, 0.6) is 11.5 Å². The standard InChI is InChI=1S/C28H26N6O3/c1-16-12-17(2)14-19(13-16)31-28(35)23-24-27(33-21-10-6-5-9-20(21)32-24)34(26(23)29)30-15-18-8-7-11-22(36-3)25(18)37-4/h5-15H,29H2,1-4H3,(H,31,35)/b30-15+. The van der Waals surface area contributed by atoms with Crippen molar-refractivity contribution in [2.45, 2.75) is 13.8 Å². The van der Waals surface area contributed by atoms with Gasteiger partial charge in [-0.15, -0.1) is 0 Å². The van der Waals surface area contributed by atoms with E-state index in [4.69, 9.17) is 25.2 Å². The summed E-state index contributed by atoms with van der Waals surface area (Å²) < 4.78 is 12.3. The summed E-state index contributed by atoms with van der Waals surface area (Å²) in [6.07, 6.45) is 1.58. The third-order valence-corrected chi connectivity index (χ3v) is 5.93. The van der Waals surface area contributed by atoms with Crippen LogP contribution in [0.2, 0.25) is 0 Å². The van der Waals surface area contributed by atoms with Gasteiger partial charge in [-0.3, -0.25) is 4.79 Å². The lowest BCUT2D eigenvalue weighted by molar-refractivity contribution is 0.102. The monoisotopic (exact) mass is 494 g/mol. The molecule has 9 heteroatoms. The highest BCUT2D eigenvalue weighted by Crippen LogP contribution is 2.31. The molecule has 0 radical (unpaired) electrons. The van der Waals surface area contributed by atoms with Crippen LogP contribution in [-0.4, -0.2) is 41.0 Å². The number of rotatable bonds is 6. The molecule has 0 aliphatic heterocycles. The predicted molar refractivity (Wildman–Crippen MR) is 146 cm³/mol. The molecule has 9 nitrogen and oxygen atoms in total. The summed E-state index contributed by atoms with van der Waals surface area (Å²) in [6.45, 7) is 3.95. The molecule has 0 fully saturated rings. The van der Waals surface area contributed by atoms with Gasteiger partial charge in [-0.2, -0.15) is 9.78 Å². The van der Waals surface area contributed by atoms with E-state index in [0.717, 1.165) is 11.1 Å². The molecule has 5 aromatic rings. The van der Waals surface area contributed by atoms with Crippen molar-refractivity contribution < 1.29 is 14.3 Å². The lowest BCUT2D eigenvalue weighted by Gasteiger charge is -2.09. The summed E-state index contributed by atoms with van der Waals surface area (Å²) >= 11 is 0. The number of benzene rings is 3. The number of carbonyl (C=O) groups is 1. The molecule has 0 aliphatic rings. The maximum Gasteiger partial charge on any atom is 0.261 e. The van der Waals surface area contributed by atoms with E-state index in [1.165, 1.54) is 4.68 Å². The Hall–Kier alpha value is -4.92. The molecule has 3 aromatic carbocycles. The fourth-order valence-electron chi connectivity index (χ4n) is 4.36. The Labute approximate surface area is 213 Å². The first kappa shape index (κ1) is 23.8. The summed E-state index contributed by atoms with van der Waals surface area (Å²) in [5.41, 5.74) is 12.2. The summed E-state index contributed by atoms with van der Waals surface area (Å²) in [5, 5.41) is 7.53. The van der Waals surface area contributed by atoms with Gasteiger partial charge in [-0.05, 0) is 61.4 Å². The highest BCUT2D eigenvalue weighted by molar-refractivity contribution is 6.16. The van der Waals surface area contributed by atoms with Crippen LogP contribution in [0, 0.1) is 13.8 Å². The number of anilines is 2. The number of nitrogen functional groups attached to an aromatic ring is 1. The Kier molecular flexibility index (Phi) is 6.19. The summed E-state index contributed by atoms with van der Waals surface area (Å²) in [6, 6.07) is 18.7. The minimum absolute atomic E-state index is 0.116. The number of nitrogens with zero attached hydrogens (tertiary/aromatic N) is 4. The molecule has 0 atom stereocenters. The van der Waals surface area contributed by atoms with E-state index in [-0.39, 0.29) is 11.4 Å². The maximum atomic E-state index is 13.5. The van der Waals surface area contributed by atoms with Gasteiger partial charge in [0.1, 0.15) is 16.9 Å². The van der Waals surface area contributed by atoms with Crippen molar-refractivity contribution in [1.82, 2.24) is 14.6 Å². The van der Waals surface area contributed by atoms with E-state index in [0.29, 0.717) is 44.9 Å². The minimum Gasteiger partial charge on any atom is -0.493 e. The van der Waals surface area contributed by atoms with Crippen molar-refractivity contribution in [3.05, 3.63) is 82.9 Å². The van der Waals surface area contributed by atoms with Gasteiger partial charge < -0.3 is 20.5 Å². The van der Waals surface area contributed by atoms with Crippen molar-refractivity contribution >= 4 is 45.8 Å². The number of aryl methyl sites for hydroxylation is 2. The molecule has 37 heavy (non-hydrogen) atoms. The van der Waals surface area contributed by atoms with Crippen LogP contribution in [-0.2, 0) is 0 Å². The Morgan fingerprint density at radius 1 is 0.973 bits per heavy atom. The molecule has 1 amide bonds. The van der Waals surface area contributed by atoms with Crippen LogP contribution in [0.25, 0.3) is 22.2 Å². The molecule has 0 bridgehead atoms. The quantitative estimate of drug-likeness (QED) is 0.323. The van der Waals surface area contributed by atoms with E-state index >= 15 is 0 Å². The number of ether oxygens (including phenoxy) is 2. The summed E-state index contributed by atoms with van der Waals surface area (Å²) in [4.78, 5) is 23.0. The van der Waals surface area contributed by atoms with Crippen LogP contribution in [0.15, 0.2) is 65.8 Å². The number of methoxy groups -OCH3 is 2. The second kappa shape index (κ2) is 9.62. The van der Waals surface area contributed by atoms with Crippen LogP contribution in [0.4, 0.5) is 11.5 Å². The van der Waals surface area contributed by atoms with Crippen molar-refractivity contribution in [2.24, 2.45) is 5.10 Å². The molecule has 0 saturated carbocycles. The van der Waals surface area contributed by atoms with Crippen molar-refractivity contribution in [3.63, 3.8) is 0 Å². The van der Waals surface area contributed by atoms with Gasteiger partial charge in [-0.1, -0.05) is 24.3 Å². The smallest absolute Gasteiger partial charge is 0.261 e. The molecule has 0 unspecified atom stereocenters. The molecule has 0 spiro atoms. The fourth-order valence-corrected chi connectivity index (χ4v) is 4.36. The number of amides is 1. The zero-order valence-corrected chi connectivity index (χ0v) is 20.9. The molecule has 0 saturated heterocycles. The first-order valence-electron chi connectivity index (χ1n) is 11.6. The highest BCUT2D eigenvalue weighted by atomic mass is 16.5. The Bertz CT molecular complexity index is 1670. The van der Waals surface area contributed by atoms with Crippen molar-refractivity contribution in [1.29, 1.82) is 0 Å². The van der Waals surface area contributed by atoms with Gasteiger partial charge in [0.15, 0.2) is 17.1 Å². The van der Waals surface area contributed by atoms with E-state index in [1.807, 2.05) is 68.4 Å². The van der Waals surface area contributed by atoms with Gasteiger partial charge in [0, 0.05) is 11.3 Å². The number of aromatic nitrogens is 3. The predicted octanol–water partition coefficient (Wildman–Crippen LogP) is 4.94. The number of hydrogen-bond acceptors (Lipinski definition) is 7. The van der Waals surface area contributed by atoms with E-state index in [2.05, 4.69) is 10.4 Å². The minimum atomic E-state index is -0.398. The normalized spacial score (nSPS) is 11.4. The highest BCUT2D eigenvalue weighted by Gasteiger charge is 2.24. The van der Waals surface area contributed by atoms with E-state index in [9.17, 15) is 4.79 Å². The largest absolute Gasteiger partial charge is 0.493 e. The SMILES string of the molecule is COc1cccc(/C=N/n2c(N)c(C(=O)Nc3cc(C)cc(C)c3)c3nc4ccccc4nc32)c1OC. The number of nitrogens with one attached hydrogen (secondary N) is 1. The van der Waals surface area contributed by atoms with Gasteiger partial charge in [0.05, 0.1) is 31.5 Å². The average molecular weight is 495 g/mol. The molecule has 186 valence electrons. The molecule has 3 N–H and O–H groups in total. The Morgan fingerprint density at radius 3 is 2.35 bits per heavy atom. The Morgan fingerprint density at radius 2 is 1.68 bits per heavy atom. The molecule has 2 heterocycles. The van der Waals surface area contributed by atoms with Gasteiger partial charge in [0.2, 0.25) is 0 Å². The van der Waals surface area contributed by atoms with E-state index in [1.54, 1.807) is 26.5 Å². The van der Waals surface area contributed by atoms with Gasteiger partial charge in [-0.25, -0.2) is 9.97 Å². The molecular formula is C28H26N6O3. The topological polar surface area (TPSA) is 117 Å². The first-order chi connectivity index (χ1) is 17.9. The van der Waals surface area contributed by atoms with Crippen LogP contribution < -0.4 is 20.5 Å². The van der Waals surface area contributed by atoms with Gasteiger partial charge in [0.25, 0.3) is 5.91 Å². The van der Waals surface area contributed by atoms with Crippen LogP contribution in [0.3, 0.4) is 0 Å². The van der Waals surface area contributed by atoms with Crippen molar-refractivity contribution in [3.8, 4) is 11.5 Å². The molecular weight excluding hydrogens is 468 g/mol.